The minimum Gasteiger partial charge on any atom is -0.337 e. The van der Waals surface area contributed by atoms with Gasteiger partial charge in [-0.3, -0.25) is 4.79 Å². The lowest BCUT2D eigenvalue weighted by Crippen LogP contribution is -2.35. The van der Waals surface area contributed by atoms with Gasteiger partial charge in [-0.25, -0.2) is 4.39 Å². The second-order valence-corrected chi connectivity index (χ2v) is 6.20. The third-order valence-corrected chi connectivity index (χ3v) is 4.34. The van der Waals surface area contributed by atoms with Crippen LogP contribution in [0.15, 0.2) is 22.7 Å². The highest BCUT2D eigenvalue weighted by atomic mass is 79.9. The first-order valence-corrected chi connectivity index (χ1v) is 7.10. The minimum atomic E-state index is -0.343. The van der Waals surface area contributed by atoms with E-state index in [1.807, 2.05) is 19.0 Å². The zero-order chi connectivity index (χ0) is 14.2. The monoisotopic (exact) mass is 328 g/mol. The van der Waals surface area contributed by atoms with Crippen LogP contribution in [-0.2, 0) is 0 Å². The van der Waals surface area contributed by atoms with Crippen molar-refractivity contribution in [2.75, 3.05) is 27.2 Å². The van der Waals surface area contributed by atoms with E-state index in [9.17, 15) is 9.18 Å². The zero-order valence-corrected chi connectivity index (χ0v) is 12.9. The number of hydrogen-bond acceptors (Lipinski definition) is 2. The molecule has 2 unspecified atom stereocenters. The van der Waals surface area contributed by atoms with E-state index in [2.05, 4.69) is 27.8 Å². The Morgan fingerprint density at radius 2 is 2.11 bits per heavy atom. The van der Waals surface area contributed by atoms with Gasteiger partial charge in [-0.2, -0.15) is 0 Å². The highest BCUT2D eigenvalue weighted by Gasteiger charge is 2.34. The first-order valence-electron chi connectivity index (χ1n) is 6.31. The maximum atomic E-state index is 13.1. The summed E-state index contributed by atoms with van der Waals surface area (Å²) in [7, 11) is 4.06. The predicted molar refractivity (Wildman–Crippen MR) is 76.6 cm³/mol. The minimum absolute atomic E-state index is 0.0388. The summed E-state index contributed by atoms with van der Waals surface area (Å²) in [6.45, 7) is 3.61. The molecule has 0 saturated carbocycles. The lowest BCUT2D eigenvalue weighted by Gasteiger charge is -2.22. The Morgan fingerprint density at radius 1 is 1.42 bits per heavy atom. The molecule has 0 spiro atoms. The first-order chi connectivity index (χ1) is 8.90. The number of nitrogens with zero attached hydrogens (tertiary/aromatic N) is 2. The van der Waals surface area contributed by atoms with Gasteiger partial charge in [-0.1, -0.05) is 6.92 Å². The van der Waals surface area contributed by atoms with Crippen LogP contribution < -0.4 is 0 Å². The molecule has 0 aliphatic carbocycles. The molecule has 0 N–H and O–H groups in total. The van der Waals surface area contributed by atoms with Crippen LogP contribution in [0.25, 0.3) is 0 Å². The van der Waals surface area contributed by atoms with Gasteiger partial charge >= 0.3 is 0 Å². The predicted octanol–water partition coefficient (Wildman–Crippen LogP) is 2.61. The fourth-order valence-electron chi connectivity index (χ4n) is 2.62. The van der Waals surface area contributed by atoms with Gasteiger partial charge in [0.15, 0.2) is 0 Å². The molecule has 1 aromatic rings. The molecule has 1 saturated heterocycles. The molecule has 1 aliphatic rings. The second kappa shape index (κ2) is 5.59. The molecular weight excluding hydrogens is 311 g/mol. The molecule has 1 fully saturated rings. The summed E-state index contributed by atoms with van der Waals surface area (Å²) < 4.78 is 13.6. The Morgan fingerprint density at radius 3 is 2.63 bits per heavy atom. The van der Waals surface area contributed by atoms with Crippen molar-refractivity contribution in [2.45, 2.75) is 13.0 Å². The fraction of sp³-hybridized carbons (Fsp3) is 0.500. The number of carbonyl (C=O) groups excluding carboxylic acids is 1. The van der Waals surface area contributed by atoms with Crippen LogP contribution in [0.5, 0.6) is 0 Å². The molecule has 1 heterocycles. The summed E-state index contributed by atoms with van der Waals surface area (Å²) in [5.41, 5.74) is 0.521. The smallest absolute Gasteiger partial charge is 0.255 e. The zero-order valence-electron chi connectivity index (χ0n) is 11.4. The molecule has 3 nitrogen and oxygen atoms in total. The Bertz CT molecular complexity index is 492. The van der Waals surface area contributed by atoms with E-state index in [1.54, 1.807) is 0 Å². The van der Waals surface area contributed by atoms with Crippen LogP contribution in [0, 0.1) is 11.7 Å². The highest BCUT2D eigenvalue weighted by molar-refractivity contribution is 9.10. The van der Waals surface area contributed by atoms with E-state index in [0.717, 1.165) is 13.1 Å². The number of benzene rings is 1. The maximum Gasteiger partial charge on any atom is 0.255 e. The summed E-state index contributed by atoms with van der Waals surface area (Å²) >= 11 is 3.26. The topological polar surface area (TPSA) is 23.6 Å². The van der Waals surface area contributed by atoms with E-state index in [4.69, 9.17) is 0 Å². The van der Waals surface area contributed by atoms with E-state index in [1.165, 1.54) is 18.2 Å². The van der Waals surface area contributed by atoms with Crippen molar-refractivity contribution in [2.24, 2.45) is 5.92 Å². The largest absolute Gasteiger partial charge is 0.337 e. The van der Waals surface area contributed by atoms with Crippen molar-refractivity contribution in [1.82, 2.24) is 9.80 Å². The van der Waals surface area contributed by atoms with Gasteiger partial charge in [-0.05, 0) is 54.1 Å². The second-order valence-electron chi connectivity index (χ2n) is 5.34. The summed E-state index contributed by atoms with van der Waals surface area (Å²) in [4.78, 5) is 16.4. The molecule has 2 rings (SSSR count). The number of likely N-dealkylation sites (tertiary alicyclic amines) is 1. The van der Waals surface area contributed by atoms with Crippen molar-refractivity contribution in [3.05, 3.63) is 34.1 Å². The van der Waals surface area contributed by atoms with Crippen LogP contribution in [0.1, 0.15) is 17.3 Å². The lowest BCUT2D eigenvalue weighted by molar-refractivity contribution is 0.0780. The summed E-state index contributed by atoms with van der Waals surface area (Å²) in [6, 6.07) is 4.56. The summed E-state index contributed by atoms with van der Waals surface area (Å²) in [5.74, 6) is 0.0608. The number of likely N-dealkylation sites (N-methyl/N-ethyl adjacent to an activating group) is 1. The molecule has 1 aromatic carbocycles. The van der Waals surface area contributed by atoms with Crippen molar-refractivity contribution in [1.29, 1.82) is 0 Å². The Labute approximate surface area is 121 Å². The van der Waals surface area contributed by atoms with Gasteiger partial charge in [0.1, 0.15) is 5.82 Å². The van der Waals surface area contributed by atoms with Crippen LogP contribution in [0.2, 0.25) is 0 Å². The molecule has 2 atom stereocenters. The van der Waals surface area contributed by atoms with Gasteiger partial charge in [0.25, 0.3) is 5.91 Å². The van der Waals surface area contributed by atoms with Crippen LogP contribution >= 0.6 is 15.9 Å². The normalized spacial score (nSPS) is 23.2. The highest BCUT2D eigenvalue weighted by Crippen LogP contribution is 2.25. The molecule has 1 aliphatic heterocycles. The SMILES string of the molecule is CC1CN(C(=O)c2ccc(F)cc2Br)CC1N(C)C. The Balaban J connectivity index is 2.17. The maximum absolute atomic E-state index is 13.1. The number of hydrogen-bond donors (Lipinski definition) is 0. The van der Waals surface area contributed by atoms with E-state index >= 15 is 0 Å². The van der Waals surface area contributed by atoms with Crippen LogP contribution in [0.4, 0.5) is 4.39 Å². The van der Waals surface area contributed by atoms with Crippen molar-refractivity contribution >= 4 is 21.8 Å². The Kier molecular flexibility index (Phi) is 4.26. The van der Waals surface area contributed by atoms with E-state index in [-0.39, 0.29) is 11.7 Å². The number of amides is 1. The van der Waals surface area contributed by atoms with Gasteiger partial charge in [0.2, 0.25) is 0 Å². The molecule has 5 heteroatoms. The third kappa shape index (κ3) is 2.98. The Hall–Kier alpha value is -0.940. The summed E-state index contributed by atoms with van der Waals surface area (Å²) in [5, 5.41) is 0. The van der Waals surface area contributed by atoms with Crippen LogP contribution in [0.3, 0.4) is 0 Å². The fourth-order valence-corrected chi connectivity index (χ4v) is 3.14. The van der Waals surface area contributed by atoms with Crippen molar-refractivity contribution in [3.63, 3.8) is 0 Å². The molecule has 0 bridgehead atoms. The first kappa shape index (κ1) is 14.5. The number of halogens is 2. The quantitative estimate of drug-likeness (QED) is 0.833. The standard InChI is InChI=1S/C14H18BrFN2O/c1-9-7-18(8-13(9)17(2)3)14(19)11-5-4-10(16)6-12(11)15/h4-6,9,13H,7-8H2,1-3H3. The lowest BCUT2D eigenvalue weighted by atomic mass is 10.1. The van der Waals surface area contributed by atoms with Gasteiger partial charge in [-0.15, -0.1) is 0 Å². The summed E-state index contributed by atoms with van der Waals surface area (Å²) in [6.07, 6.45) is 0. The average Bonchev–Trinajstić information content (AvgIpc) is 2.70. The van der Waals surface area contributed by atoms with E-state index < -0.39 is 0 Å². The average molecular weight is 329 g/mol. The molecular formula is C14H18BrFN2O. The van der Waals surface area contributed by atoms with Gasteiger partial charge < -0.3 is 9.80 Å². The molecule has 104 valence electrons. The van der Waals surface area contributed by atoms with Crippen molar-refractivity contribution < 1.29 is 9.18 Å². The molecule has 19 heavy (non-hydrogen) atoms. The van der Waals surface area contributed by atoms with Crippen LogP contribution in [-0.4, -0.2) is 48.9 Å². The van der Waals surface area contributed by atoms with Gasteiger partial charge in [0, 0.05) is 23.6 Å². The van der Waals surface area contributed by atoms with E-state index in [0.29, 0.717) is 22.0 Å². The number of carbonyl (C=O) groups is 1. The molecule has 0 radical (unpaired) electrons. The van der Waals surface area contributed by atoms with Crippen molar-refractivity contribution in [3.8, 4) is 0 Å². The van der Waals surface area contributed by atoms with Gasteiger partial charge in [0.05, 0.1) is 5.56 Å². The molecule has 0 aromatic heterocycles. The third-order valence-electron chi connectivity index (χ3n) is 3.68. The molecule has 1 amide bonds. The number of rotatable bonds is 2.